The van der Waals surface area contributed by atoms with Crippen molar-refractivity contribution in [2.45, 2.75) is 20.3 Å². The van der Waals surface area contributed by atoms with Gasteiger partial charge in [-0.15, -0.1) is 0 Å². The zero-order valence-corrected chi connectivity index (χ0v) is 16.8. The Balaban J connectivity index is 2.00. The van der Waals surface area contributed by atoms with Crippen LogP contribution in [0.4, 0.5) is 0 Å². The maximum absolute atomic E-state index is 12.8. The van der Waals surface area contributed by atoms with Crippen LogP contribution >= 0.6 is 11.6 Å². The Labute approximate surface area is 173 Å². The molecule has 148 valence electrons. The summed E-state index contributed by atoms with van der Waals surface area (Å²) in [5, 5.41) is 19.0. The van der Waals surface area contributed by atoms with E-state index in [0.29, 0.717) is 22.1 Å². The quantitative estimate of drug-likeness (QED) is 0.596. The minimum Gasteiger partial charge on any atom is -0.457 e. The van der Waals surface area contributed by atoms with E-state index in [9.17, 15) is 14.9 Å². The smallest absolute Gasteiger partial charge is 0.271 e. The molecule has 2 heterocycles. The van der Waals surface area contributed by atoms with Crippen molar-refractivity contribution in [2.75, 3.05) is 13.2 Å². The molecule has 0 radical (unpaired) electrons. The number of hydrogen-bond donors (Lipinski definition) is 1. The lowest BCUT2D eigenvalue weighted by Gasteiger charge is -2.27. The molecule has 1 aromatic carbocycles. The van der Waals surface area contributed by atoms with E-state index in [0.717, 1.165) is 16.0 Å². The molecule has 0 saturated carbocycles. The van der Waals surface area contributed by atoms with E-state index in [2.05, 4.69) is 0 Å². The molecule has 0 unspecified atom stereocenters. The van der Waals surface area contributed by atoms with E-state index in [-0.39, 0.29) is 30.7 Å². The number of rotatable bonds is 5. The van der Waals surface area contributed by atoms with Gasteiger partial charge in [-0.3, -0.25) is 14.5 Å². The second-order valence-electron chi connectivity index (χ2n) is 6.67. The number of halogens is 1. The Bertz CT molecular complexity index is 1090. The maximum atomic E-state index is 12.8. The third kappa shape index (κ3) is 4.02. The number of amides is 2. The first-order valence-electron chi connectivity index (χ1n) is 9.03. The highest BCUT2D eigenvalue weighted by molar-refractivity contribution is 6.31. The van der Waals surface area contributed by atoms with Gasteiger partial charge in [-0.05, 0) is 55.7 Å². The molecule has 0 bridgehead atoms. The van der Waals surface area contributed by atoms with E-state index in [1.807, 2.05) is 25.1 Å². The van der Waals surface area contributed by atoms with Gasteiger partial charge in [0.1, 0.15) is 23.2 Å². The Hall–Kier alpha value is -3.14. The van der Waals surface area contributed by atoms with Crippen LogP contribution in [0.15, 0.2) is 51.5 Å². The van der Waals surface area contributed by atoms with E-state index in [1.165, 1.54) is 6.08 Å². The van der Waals surface area contributed by atoms with Gasteiger partial charge in [0, 0.05) is 29.3 Å². The van der Waals surface area contributed by atoms with Crippen LogP contribution in [0.1, 0.15) is 24.7 Å². The highest BCUT2D eigenvalue weighted by Crippen LogP contribution is 2.30. The van der Waals surface area contributed by atoms with Crippen molar-refractivity contribution in [1.29, 1.82) is 5.26 Å². The summed E-state index contributed by atoms with van der Waals surface area (Å²) in [6.45, 7) is 3.34. The fourth-order valence-electron chi connectivity index (χ4n) is 3.04. The van der Waals surface area contributed by atoms with Gasteiger partial charge >= 0.3 is 0 Å². The second-order valence-corrected chi connectivity index (χ2v) is 7.08. The molecule has 1 aliphatic heterocycles. The number of carbonyl (C=O) groups is 2. The summed E-state index contributed by atoms with van der Waals surface area (Å²) in [6, 6.07) is 10.9. The van der Waals surface area contributed by atoms with Crippen molar-refractivity contribution in [3.8, 4) is 17.4 Å². The second kappa shape index (κ2) is 8.48. The molecule has 0 saturated heterocycles. The number of nitrogens with zero attached hydrogens (tertiary/aromatic N) is 2. The topological polar surface area (TPSA) is 94.5 Å². The van der Waals surface area contributed by atoms with E-state index in [4.69, 9.17) is 21.1 Å². The van der Waals surface area contributed by atoms with Crippen molar-refractivity contribution < 1.29 is 19.1 Å². The molecular weight excluding hydrogens is 392 g/mol. The Morgan fingerprint density at radius 1 is 1.21 bits per heavy atom. The molecule has 2 aromatic rings. The van der Waals surface area contributed by atoms with Crippen LogP contribution in [0.25, 0.3) is 17.4 Å². The minimum atomic E-state index is -0.643. The Kier molecular flexibility index (Phi) is 6.02. The van der Waals surface area contributed by atoms with Crippen LogP contribution in [0.3, 0.4) is 0 Å². The lowest BCUT2D eigenvalue weighted by atomic mass is 9.94. The third-order valence-corrected chi connectivity index (χ3v) is 5.14. The molecule has 3 rings (SSSR count). The van der Waals surface area contributed by atoms with Gasteiger partial charge in [-0.2, -0.15) is 5.26 Å². The summed E-state index contributed by atoms with van der Waals surface area (Å²) in [4.78, 5) is 26.2. The van der Waals surface area contributed by atoms with Crippen LogP contribution in [-0.2, 0) is 9.59 Å². The van der Waals surface area contributed by atoms with Crippen LogP contribution in [0, 0.1) is 18.3 Å². The number of nitriles is 1. The SMILES string of the molecule is CC1=C(C#N)C(=O)N(CCCO)C(=O)/C1=C/c1ccc(-c2ccc(C)c(Cl)c2)o1. The first-order chi connectivity index (χ1) is 13.9. The molecule has 0 aliphatic carbocycles. The summed E-state index contributed by atoms with van der Waals surface area (Å²) < 4.78 is 5.84. The number of furan rings is 1. The summed E-state index contributed by atoms with van der Waals surface area (Å²) >= 11 is 6.18. The lowest BCUT2D eigenvalue weighted by molar-refractivity contribution is -0.140. The number of benzene rings is 1. The van der Waals surface area contributed by atoms with Gasteiger partial charge in [0.2, 0.25) is 0 Å². The average Bonchev–Trinajstić information content (AvgIpc) is 3.16. The van der Waals surface area contributed by atoms with Crippen molar-refractivity contribution >= 4 is 29.5 Å². The van der Waals surface area contributed by atoms with Crippen molar-refractivity contribution in [1.82, 2.24) is 4.90 Å². The van der Waals surface area contributed by atoms with Gasteiger partial charge in [0.05, 0.1) is 0 Å². The molecule has 0 spiro atoms. The van der Waals surface area contributed by atoms with E-state index in [1.54, 1.807) is 25.1 Å². The monoisotopic (exact) mass is 410 g/mol. The normalized spacial score (nSPS) is 16.0. The van der Waals surface area contributed by atoms with Gasteiger partial charge in [0.15, 0.2) is 0 Å². The molecule has 0 atom stereocenters. The fourth-order valence-corrected chi connectivity index (χ4v) is 3.22. The maximum Gasteiger partial charge on any atom is 0.271 e. The fraction of sp³-hybridized carbons (Fsp3) is 0.227. The van der Waals surface area contributed by atoms with Crippen LogP contribution in [0.2, 0.25) is 5.02 Å². The number of imide groups is 1. The minimum absolute atomic E-state index is 0.0369. The Morgan fingerprint density at radius 3 is 2.62 bits per heavy atom. The van der Waals surface area contributed by atoms with E-state index >= 15 is 0 Å². The zero-order chi connectivity index (χ0) is 21.1. The predicted molar refractivity (Wildman–Crippen MR) is 109 cm³/mol. The zero-order valence-electron chi connectivity index (χ0n) is 16.0. The van der Waals surface area contributed by atoms with Gasteiger partial charge < -0.3 is 9.52 Å². The molecule has 0 fully saturated rings. The molecule has 1 aromatic heterocycles. The van der Waals surface area contributed by atoms with Gasteiger partial charge in [-0.1, -0.05) is 23.7 Å². The van der Waals surface area contributed by atoms with Gasteiger partial charge in [-0.25, -0.2) is 0 Å². The Morgan fingerprint density at radius 2 is 1.97 bits per heavy atom. The van der Waals surface area contributed by atoms with Crippen molar-refractivity contribution in [3.05, 3.63) is 63.4 Å². The first kappa shape index (κ1) is 20.6. The third-order valence-electron chi connectivity index (χ3n) is 4.73. The highest BCUT2D eigenvalue weighted by Gasteiger charge is 2.35. The van der Waals surface area contributed by atoms with Crippen LogP contribution in [-0.4, -0.2) is 35.0 Å². The number of hydrogen-bond acceptors (Lipinski definition) is 5. The number of aryl methyl sites for hydroxylation is 1. The molecule has 6 nitrogen and oxygen atoms in total. The first-order valence-corrected chi connectivity index (χ1v) is 9.41. The van der Waals surface area contributed by atoms with Crippen LogP contribution in [0.5, 0.6) is 0 Å². The molecule has 29 heavy (non-hydrogen) atoms. The molecule has 1 N–H and O–H groups in total. The predicted octanol–water partition coefficient (Wildman–Crippen LogP) is 3.88. The highest BCUT2D eigenvalue weighted by atomic mass is 35.5. The summed E-state index contributed by atoms with van der Waals surface area (Å²) in [5.41, 5.74) is 2.17. The average molecular weight is 411 g/mol. The van der Waals surface area contributed by atoms with Gasteiger partial charge in [0.25, 0.3) is 11.8 Å². The van der Waals surface area contributed by atoms with Crippen LogP contribution < -0.4 is 0 Å². The molecule has 2 amide bonds. The van der Waals surface area contributed by atoms with Crippen molar-refractivity contribution in [3.63, 3.8) is 0 Å². The van der Waals surface area contributed by atoms with Crippen molar-refractivity contribution in [2.24, 2.45) is 0 Å². The number of carbonyl (C=O) groups excluding carboxylic acids is 2. The molecule has 7 heteroatoms. The summed E-state index contributed by atoms with van der Waals surface area (Å²) in [7, 11) is 0. The largest absolute Gasteiger partial charge is 0.457 e. The molecular formula is C22H19ClN2O4. The lowest BCUT2D eigenvalue weighted by Crippen LogP contribution is -2.43. The van der Waals surface area contributed by atoms with E-state index < -0.39 is 11.8 Å². The standard InChI is InChI=1S/C22H19ClN2O4/c1-13-4-5-15(10-19(13)23)20-7-6-16(29-20)11-17-14(2)18(12-24)22(28)25(21(17)27)8-3-9-26/h4-7,10-11,26H,3,8-9H2,1-2H3/b17-11+. The number of aliphatic hydroxyl groups excluding tert-OH is 1. The number of aliphatic hydroxyl groups is 1. The summed E-state index contributed by atoms with van der Waals surface area (Å²) in [5.74, 6) is -0.170. The summed E-state index contributed by atoms with van der Waals surface area (Å²) in [6.07, 6.45) is 1.76. The molecule has 1 aliphatic rings.